The highest BCUT2D eigenvalue weighted by Crippen LogP contribution is 2.25. The van der Waals surface area contributed by atoms with Gasteiger partial charge in [0.15, 0.2) is 0 Å². The third-order valence-corrected chi connectivity index (χ3v) is 4.27. The fraction of sp³-hybridized carbons (Fsp3) is 0.263. The Kier molecular flexibility index (Phi) is 5.18. The van der Waals surface area contributed by atoms with E-state index in [9.17, 15) is 9.18 Å². The monoisotopic (exact) mass is 356 g/mol. The third-order valence-electron chi connectivity index (χ3n) is 4.27. The highest BCUT2D eigenvalue weighted by atomic mass is 19.1. The first-order chi connectivity index (χ1) is 12.5. The van der Waals surface area contributed by atoms with Crippen molar-refractivity contribution in [2.75, 3.05) is 31.4 Å². The predicted molar refractivity (Wildman–Crippen MR) is 99.8 cm³/mol. The smallest absolute Gasteiger partial charge is 0.258 e. The summed E-state index contributed by atoms with van der Waals surface area (Å²) in [6, 6.07) is 11.0. The molecule has 2 aromatic carbocycles. The molecular weight excluding hydrogens is 335 g/mol. The molecule has 6 nitrogen and oxygen atoms in total. The summed E-state index contributed by atoms with van der Waals surface area (Å²) in [5.41, 5.74) is 8.75. The summed E-state index contributed by atoms with van der Waals surface area (Å²) in [6.45, 7) is 1.35. The van der Waals surface area contributed by atoms with Crippen molar-refractivity contribution < 1.29 is 13.9 Å². The van der Waals surface area contributed by atoms with Crippen LogP contribution >= 0.6 is 0 Å². The molecule has 0 unspecified atom stereocenters. The molecule has 0 radical (unpaired) electrons. The topological polar surface area (TPSA) is 73.4 Å². The number of carbonyl (C=O) groups is 1. The Morgan fingerprint density at radius 1 is 1.27 bits per heavy atom. The maximum atomic E-state index is 13.0. The Morgan fingerprint density at radius 3 is 2.69 bits per heavy atom. The molecule has 136 valence electrons. The van der Waals surface area contributed by atoms with Gasteiger partial charge in [0.05, 0.1) is 11.0 Å². The fourth-order valence-corrected chi connectivity index (χ4v) is 2.85. The van der Waals surface area contributed by atoms with Gasteiger partial charge in [-0.05, 0) is 48.9 Å². The van der Waals surface area contributed by atoms with Crippen molar-refractivity contribution in [3.63, 3.8) is 0 Å². The zero-order valence-electron chi connectivity index (χ0n) is 14.8. The molecule has 1 amide bonds. The van der Waals surface area contributed by atoms with Crippen LogP contribution in [0.5, 0.6) is 0 Å². The lowest BCUT2D eigenvalue weighted by molar-refractivity contribution is 0.0993. The average Bonchev–Trinajstić information content (AvgIpc) is 2.96. The second-order valence-corrected chi connectivity index (χ2v) is 6.01. The largest absolute Gasteiger partial charge is 0.385 e. The van der Waals surface area contributed by atoms with E-state index in [1.54, 1.807) is 14.2 Å². The average molecular weight is 356 g/mol. The van der Waals surface area contributed by atoms with Crippen LogP contribution in [0.15, 0.2) is 42.5 Å². The number of fused-ring (bicyclic) bond motifs is 1. The second-order valence-electron chi connectivity index (χ2n) is 6.01. The number of aryl methyl sites for hydroxylation is 1. The summed E-state index contributed by atoms with van der Waals surface area (Å²) in [4.78, 5) is 18.5. The molecule has 3 aromatic rings. The quantitative estimate of drug-likeness (QED) is 0.689. The van der Waals surface area contributed by atoms with Gasteiger partial charge < -0.3 is 19.9 Å². The van der Waals surface area contributed by atoms with Gasteiger partial charge in [0, 0.05) is 38.6 Å². The number of benzene rings is 2. The van der Waals surface area contributed by atoms with E-state index in [-0.39, 0.29) is 11.7 Å². The van der Waals surface area contributed by atoms with Crippen molar-refractivity contribution in [3.05, 3.63) is 53.8 Å². The molecule has 0 aliphatic rings. The van der Waals surface area contributed by atoms with Gasteiger partial charge >= 0.3 is 0 Å². The number of amides is 1. The van der Waals surface area contributed by atoms with Crippen LogP contribution in [0.3, 0.4) is 0 Å². The fourth-order valence-electron chi connectivity index (χ4n) is 2.85. The number of carbonyl (C=O) groups excluding carboxylic acids is 1. The maximum absolute atomic E-state index is 13.0. The molecule has 1 aromatic heterocycles. The van der Waals surface area contributed by atoms with E-state index in [0.717, 1.165) is 17.5 Å². The Labute approximate surface area is 151 Å². The standard InChI is InChI=1S/C19H21FN4O2/c1-23(18(25)13-4-6-14(20)7-5-13)15-8-9-17-16(12-15)22-19(21)24(17)10-3-11-26-2/h4-9,12H,3,10-11H2,1-2H3,(H2,21,22). The van der Waals surface area contributed by atoms with E-state index in [2.05, 4.69) is 4.98 Å². The Hall–Kier alpha value is -2.93. The Bertz CT molecular complexity index is 921. The third kappa shape index (κ3) is 3.52. The molecule has 0 aliphatic heterocycles. The van der Waals surface area contributed by atoms with Crippen molar-refractivity contribution in [1.29, 1.82) is 0 Å². The van der Waals surface area contributed by atoms with Gasteiger partial charge in [0.1, 0.15) is 5.82 Å². The Balaban J connectivity index is 1.86. The molecule has 2 N–H and O–H groups in total. The minimum Gasteiger partial charge on any atom is -0.385 e. The summed E-state index contributed by atoms with van der Waals surface area (Å²) in [5.74, 6) is -0.169. The number of imidazole rings is 1. The van der Waals surface area contributed by atoms with Crippen molar-refractivity contribution in [2.24, 2.45) is 0 Å². The number of nitrogen functional groups attached to an aromatic ring is 1. The molecule has 0 spiro atoms. The number of methoxy groups -OCH3 is 1. The molecule has 0 bridgehead atoms. The highest BCUT2D eigenvalue weighted by Gasteiger charge is 2.16. The number of nitrogens with zero attached hydrogens (tertiary/aromatic N) is 3. The number of anilines is 2. The van der Waals surface area contributed by atoms with Crippen LogP contribution in [0.25, 0.3) is 11.0 Å². The van der Waals surface area contributed by atoms with Gasteiger partial charge in [0.25, 0.3) is 5.91 Å². The van der Waals surface area contributed by atoms with E-state index in [1.165, 1.54) is 29.2 Å². The lowest BCUT2D eigenvalue weighted by Gasteiger charge is -2.17. The van der Waals surface area contributed by atoms with E-state index in [1.807, 2.05) is 22.8 Å². The number of ether oxygens (including phenoxy) is 1. The van der Waals surface area contributed by atoms with Gasteiger partial charge in [-0.3, -0.25) is 4.79 Å². The molecule has 0 saturated heterocycles. The summed E-state index contributed by atoms with van der Waals surface area (Å²) in [6.07, 6.45) is 0.830. The van der Waals surface area contributed by atoms with Crippen LogP contribution in [-0.4, -0.2) is 36.2 Å². The highest BCUT2D eigenvalue weighted by molar-refractivity contribution is 6.06. The second kappa shape index (κ2) is 7.53. The first-order valence-corrected chi connectivity index (χ1v) is 8.29. The van der Waals surface area contributed by atoms with Crippen LogP contribution in [0.2, 0.25) is 0 Å². The summed E-state index contributed by atoms with van der Waals surface area (Å²) < 4.78 is 20.1. The van der Waals surface area contributed by atoms with E-state index < -0.39 is 0 Å². The van der Waals surface area contributed by atoms with E-state index in [4.69, 9.17) is 10.5 Å². The molecule has 3 rings (SSSR count). The molecular formula is C19H21FN4O2. The summed E-state index contributed by atoms with van der Waals surface area (Å²) in [5, 5.41) is 0. The zero-order chi connectivity index (χ0) is 18.7. The lowest BCUT2D eigenvalue weighted by atomic mass is 10.2. The van der Waals surface area contributed by atoms with Crippen molar-refractivity contribution >= 4 is 28.6 Å². The van der Waals surface area contributed by atoms with Crippen LogP contribution in [-0.2, 0) is 11.3 Å². The van der Waals surface area contributed by atoms with Crippen LogP contribution in [0.1, 0.15) is 16.8 Å². The number of aromatic nitrogens is 2. The molecule has 1 heterocycles. The summed E-state index contributed by atoms with van der Waals surface area (Å²) >= 11 is 0. The predicted octanol–water partition coefficient (Wildman–Crippen LogP) is 3.07. The van der Waals surface area contributed by atoms with Gasteiger partial charge in [-0.25, -0.2) is 9.37 Å². The van der Waals surface area contributed by atoms with Crippen molar-refractivity contribution in [3.8, 4) is 0 Å². The number of halogens is 1. The van der Waals surface area contributed by atoms with Gasteiger partial charge in [-0.2, -0.15) is 0 Å². The SMILES string of the molecule is COCCCn1c(N)nc2cc(N(C)C(=O)c3ccc(F)cc3)ccc21. The van der Waals surface area contributed by atoms with Gasteiger partial charge in [-0.15, -0.1) is 0 Å². The van der Waals surface area contributed by atoms with Crippen LogP contribution in [0, 0.1) is 5.82 Å². The number of nitrogens with two attached hydrogens (primary N) is 1. The lowest BCUT2D eigenvalue weighted by Crippen LogP contribution is -2.26. The van der Waals surface area contributed by atoms with Crippen molar-refractivity contribution in [2.45, 2.75) is 13.0 Å². The molecule has 0 atom stereocenters. The number of hydrogen-bond donors (Lipinski definition) is 1. The molecule has 0 fully saturated rings. The van der Waals surface area contributed by atoms with Crippen molar-refractivity contribution in [1.82, 2.24) is 9.55 Å². The molecule has 7 heteroatoms. The minimum absolute atomic E-state index is 0.225. The molecule has 0 saturated carbocycles. The van der Waals surface area contributed by atoms with Gasteiger partial charge in [-0.1, -0.05) is 0 Å². The number of hydrogen-bond acceptors (Lipinski definition) is 4. The molecule has 0 aliphatic carbocycles. The van der Waals surface area contributed by atoms with Crippen LogP contribution in [0.4, 0.5) is 16.0 Å². The first kappa shape index (κ1) is 17.9. The number of rotatable bonds is 6. The maximum Gasteiger partial charge on any atom is 0.258 e. The minimum atomic E-state index is -0.375. The summed E-state index contributed by atoms with van der Waals surface area (Å²) in [7, 11) is 3.33. The van der Waals surface area contributed by atoms with Crippen LogP contribution < -0.4 is 10.6 Å². The zero-order valence-corrected chi connectivity index (χ0v) is 14.8. The van der Waals surface area contributed by atoms with Gasteiger partial charge in [0.2, 0.25) is 5.95 Å². The Morgan fingerprint density at radius 2 is 2.00 bits per heavy atom. The normalized spacial score (nSPS) is 11.0. The van der Waals surface area contributed by atoms with E-state index >= 15 is 0 Å². The first-order valence-electron chi connectivity index (χ1n) is 8.29. The van der Waals surface area contributed by atoms with E-state index in [0.29, 0.717) is 30.4 Å². The molecule has 26 heavy (non-hydrogen) atoms.